The third-order valence-electron chi connectivity index (χ3n) is 2.29. The Hall–Kier alpha value is -2.04. The molecular formula is C13H17NO4. The number of hydrogen-bond donors (Lipinski definition) is 2. The second kappa shape index (κ2) is 6.64. The van der Waals surface area contributed by atoms with Gasteiger partial charge in [-0.3, -0.25) is 9.59 Å². The van der Waals surface area contributed by atoms with Crippen molar-refractivity contribution in [3.63, 3.8) is 0 Å². The zero-order chi connectivity index (χ0) is 13.5. The third-order valence-corrected chi connectivity index (χ3v) is 2.29. The van der Waals surface area contributed by atoms with E-state index in [1.54, 1.807) is 24.3 Å². The lowest BCUT2D eigenvalue weighted by Crippen LogP contribution is -2.38. The second-order valence-electron chi connectivity index (χ2n) is 3.91. The summed E-state index contributed by atoms with van der Waals surface area (Å²) >= 11 is 0. The van der Waals surface area contributed by atoms with Crippen molar-refractivity contribution in [2.45, 2.75) is 26.3 Å². The highest BCUT2D eigenvalue weighted by atomic mass is 16.5. The van der Waals surface area contributed by atoms with Crippen LogP contribution < -0.4 is 10.1 Å². The molecule has 98 valence electrons. The van der Waals surface area contributed by atoms with Crippen molar-refractivity contribution < 1.29 is 19.4 Å². The summed E-state index contributed by atoms with van der Waals surface area (Å²) in [5, 5.41) is 11.1. The van der Waals surface area contributed by atoms with Gasteiger partial charge >= 0.3 is 5.97 Å². The Morgan fingerprint density at radius 3 is 2.78 bits per heavy atom. The first kappa shape index (κ1) is 14.0. The fourth-order valence-electron chi connectivity index (χ4n) is 1.29. The van der Waals surface area contributed by atoms with E-state index in [0.29, 0.717) is 17.9 Å². The standard InChI is InChI=1S/C13H17NO4/c1-3-7-18-11-6-4-5-10(8-11)12(15)14-9(2)13(16)17/h4-6,8-9H,3,7H2,1-2H3,(H,14,15)(H,16,17)/t9-/m0/s1. The first-order valence-corrected chi connectivity index (χ1v) is 5.81. The molecule has 1 atom stereocenters. The molecule has 0 heterocycles. The van der Waals surface area contributed by atoms with Crippen LogP contribution in [-0.4, -0.2) is 29.6 Å². The molecule has 5 nitrogen and oxygen atoms in total. The second-order valence-corrected chi connectivity index (χ2v) is 3.91. The van der Waals surface area contributed by atoms with Crippen molar-refractivity contribution in [2.24, 2.45) is 0 Å². The Balaban J connectivity index is 2.70. The van der Waals surface area contributed by atoms with Crippen molar-refractivity contribution in [3.8, 4) is 5.75 Å². The first-order chi connectivity index (χ1) is 8.54. The topological polar surface area (TPSA) is 75.6 Å². The summed E-state index contributed by atoms with van der Waals surface area (Å²) in [6, 6.07) is 5.75. The van der Waals surface area contributed by atoms with Crippen LogP contribution in [0.25, 0.3) is 0 Å². The summed E-state index contributed by atoms with van der Waals surface area (Å²) in [5.41, 5.74) is 0.386. The third kappa shape index (κ3) is 4.08. The summed E-state index contributed by atoms with van der Waals surface area (Å²) in [6.07, 6.45) is 0.881. The van der Waals surface area contributed by atoms with E-state index in [-0.39, 0.29) is 0 Å². The molecule has 0 aliphatic rings. The predicted molar refractivity (Wildman–Crippen MR) is 66.8 cm³/mol. The maximum atomic E-state index is 11.8. The monoisotopic (exact) mass is 251 g/mol. The van der Waals surface area contributed by atoms with E-state index in [1.807, 2.05) is 6.92 Å². The van der Waals surface area contributed by atoms with E-state index in [1.165, 1.54) is 6.92 Å². The molecule has 0 aromatic heterocycles. The molecule has 1 amide bonds. The molecule has 0 radical (unpaired) electrons. The Labute approximate surface area is 106 Å². The smallest absolute Gasteiger partial charge is 0.325 e. The lowest BCUT2D eigenvalue weighted by atomic mass is 10.2. The van der Waals surface area contributed by atoms with Crippen molar-refractivity contribution >= 4 is 11.9 Å². The van der Waals surface area contributed by atoms with Crippen LogP contribution in [0.2, 0.25) is 0 Å². The molecule has 5 heteroatoms. The summed E-state index contributed by atoms with van der Waals surface area (Å²) in [7, 11) is 0. The number of nitrogens with one attached hydrogen (secondary N) is 1. The number of carboxylic acids is 1. The Bertz CT molecular complexity index is 431. The predicted octanol–water partition coefficient (Wildman–Crippen LogP) is 1.68. The van der Waals surface area contributed by atoms with Gasteiger partial charge in [-0.1, -0.05) is 13.0 Å². The van der Waals surface area contributed by atoms with Crippen LogP contribution in [0, 0.1) is 0 Å². The number of rotatable bonds is 6. The van der Waals surface area contributed by atoms with E-state index in [0.717, 1.165) is 6.42 Å². The molecule has 0 aliphatic carbocycles. The average Bonchev–Trinajstić information content (AvgIpc) is 2.36. The van der Waals surface area contributed by atoms with Gasteiger partial charge in [-0.05, 0) is 31.5 Å². The SMILES string of the molecule is CCCOc1cccc(C(=O)N[C@@H](C)C(=O)O)c1. The molecule has 2 N–H and O–H groups in total. The highest BCUT2D eigenvalue weighted by Crippen LogP contribution is 2.13. The number of aliphatic carboxylic acids is 1. The lowest BCUT2D eigenvalue weighted by molar-refractivity contribution is -0.138. The molecule has 0 bridgehead atoms. The Morgan fingerprint density at radius 1 is 1.44 bits per heavy atom. The van der Waals surface area contributed by atoms with Crippen LogP contribution in [-0.2, 0) is 4.79 Å². The maximum absolute atomic E-state index is 11.8. The normalized spacial score (nSPS) is 11.7. The van der Waals surface area contributed by atoms with Crippen molar-refractivity contribution in [2.75, 3.05) is 6.61 Å². The fourth-order valence-corrected chi connectivity index (χ4v) is 1.29. The molecule has 0 saturated heterocycles. The van der Waals surface area contributed by atoms with Crippen LogP contribution in [0.1, 0.15) is 30.6 Å². The molecule has 18 heavy (non-hydrogen) atoms. The van der Waals surface area contributed by atoms with E-state index in [9.17, 15) is 9.59 Å². The van der Waals surface area contributed by atoms with E-state index in [4.69, 9.17) is 9.84 Å². The summed E-state index contributed by atoms with van der Waals surface area (Å²) in [6.45, 7) is 3.99. The minimum atomic E-state index is -1.07. The van der Waals surface area contributed by atoms with Crippen LogP contribution in [0.15, 0.2) is 24.3 Å². The van der Waals surface area contributed by atoms with E-state index < -0.39 is 17.9 Å². The molecule has 1 aromatic rings. The number of ether oxygens (including phenoxy) is 1. The van der Waals surface area contributed by atoms with Gasteiger partial charge in [-0.25, -0.2) is 0 Å². The first-order valence-electron chi connectivity index (χ1n) is 5.81. The molecule has 1 aromatic carbocycles. The zero-order valence-corrected chi connectivity index (χ0v) is 10.5. The molecule has 0 fully saturated rings. The summed E-state index contributed by atoms with van der Waals surface area (Å²) < 4.78 is 5.40. The van der Waals surface area contributed by atoms with Gasteiger partial charge in [0.25, 0.3) is 5.91 Å². The van der Waals surface area contributed by atoms with Crippen LogP contribution in [0.4, 0.5) is 0 Å². The number of benzene rings is 1. The number of amides is 1. The van der Waals surface area contributed by atoms with Crippen LogP contribution in [0.3, 0.4) is 0 Å². The lowest BCUT2D eigenvalue weighted by Gasteiger charge is -2.10. The number of carbonyl (C=O) groups is 2. The largest absolute Gasteiger partial charge is 0.494 e. The van der Waals surface area contributed by atoms with Gasteiger partial charge in [0.1, 0.15) is 11.8 Å². The van der Waals surface area contributed by atoms with Gasteiger partial charge < -0.3 is 15.2 Å². The fraction of sp³-hybridized carbons (Fsp3) is 0.385. The molecule has 0 spiro atoms. The minimum absolute atomic E-state index is 0.386. The molecule has 1 rings (SSSR count). The van der Waals surface area contributed by atoms with E-state index in [2.05, 4.69) is 5.32 Å². The Kier molecular flexibility index (Phi) is 5.17. The Morgan fingerprint density at radius 2 is 2.17 bits per heavy atom. The highest BCUT2D eigenvalue weighted by Gasteiger charge is 2.15. The van der Waals surface area contributed by atoms with Crippen LogP contribution in [0.5, 0.6) is 5.75 Å². The zero-order valence-electron chi connectivity index (χ0n) is 10.5. The number of hydrogen-bond acceptors (Lipinski definition) is 3. The van der Waals surface area contributed by atoms with Crippen molar-refractivity contribution in [3.05, 3.63) is 29.8 Å². The molecule has 0 unspecified atom stereocenters. The summed E-state index contributed by atoms with van der Waals surface area (Å²) in [5.74, 6) is -0.888. The number of carbonyl (C=O) groups excluding carboxylic acids is 1. The average molecular weight is 251 g/mol. The summed E-state index contributed by atoms with van der Waals surface area (Å²) in [4.78, 5) is 22.4. The van der Waals surface area contributed by atoms with Gasteiger partial charge in [0.2, 0.25) is 0 Å². The van der Waals surface area contributed by atoms with Crippen molar-refractivity contribution in [1.82, 2.24) is 5.32 Å². The van der Waals surface area contributed by atoms with Gasteiger partial charge in [-0.15, -0.1) is 0 Å². The minimum Gasteiger partial charge on any atom is -0.494 e. The van der Waals surface area contributed by atoms with Gasteiger partial charge in [0, 0.05) is 5.56 Å². The maximum Gasteiger partial charge on any atom is 0.325 e. The molecular weight excluding hydrogens is 234 g/mol. The quantitative estimate of drug-likeness (QED) is 0.806. The number of carboxylic acid groups (broad SMARTS) is 1. The van der Waals surface area contributed by atoms with E-state index >= 15 is 0 Å². The molecule has 0 saturated carbocycles. The molecule has 0 aliphatic heterocycles. The highest BCUT2D eigenvalue weighted by molar-refractivity contribution is 5.96. The van der Waals surface area contributed by atoms with Gasteiger partial charge in [-0.2, -0.15) is 0 Å². The van der Waals surface area contributed by atoms with Gasteiger partial charge in [0.15, 0.2) is 0 Å². The van der Waals surface area contributed by atoms with Crippen LogP contribution >= 0.6 is 0 Å². The van der Waals surface area contributed by atoms with Gasteiger partial charge in [0.05, 0.1) is 6.61 Å². The van der Waals surface area contributed by atoms with Crippen molar-refractivity contribution in [1.29, 1.82) is 0 Å².